The van der Waals surface area contributed by atoms with Crippen LogP contribution in [0.15, 0.2) is 36.4 Å². The summed E-state index contributed by atoms with van der Waals surface area (Å²) in [4.78, 5) is 59.1. The Labute approximate surface area is 243 Å². The predicted octanol–water partition coefficient (Wildman–Crippen LogP) is 4.08. The summed E-state index contributed by atoms with van der Waals surface area (Å²) < 4.78 is 37.7. The van der Waals surface area contributed by atoms with Crippen molar-refractivity contribution in [1.82, 2.24) is 0 Å². The fourth-order valence-corrected chi connectivity index (χ4v) is 3.98. The van der Waals surface area contributed by atoms with Crippen LogP contribution in [0.1, 0.15) is 63.3 Å². The molecule has 2 aromatic rings. The Morgan fingerprint density at radius 2 is 1.36 bits per heavy atom. The van der Waals surface area contributed by atoms with E-state index in [-0.39, 0.29) is 36.2 Å². The number of hydrogen-bond donors (Lipinski definition) is 0. The molecule has 0 radical (unpaired) electrons. The van der Waals surface area contributed by atoms with Crippen LogP contribution in [0.5, 0.6) is 23.0 Å². The molecule has 2 aromatic carbocycles. The lowest BCUT2D eigenvalue weighted by molar-refractivity contribution is -0.151. The van der Waals surface area contributed by atoms with Crippen molar-refractivity contribution >= 4 is 35.9 Å². The highest BCUT2D eigenvalue weighted by Crippen LogP contribution is 2.45. The third-order valence-electron chi connectivity index (χ3n) is 5.56. The van der Waals surface area contributed by atoms with Crippen LogP contribution in [-0.2, 0) is 38.2 Å². The third-order valence-corrected chi connectivity index (χ3v) is 5.56. The van der Waals surface area contributed by atoms with Crippen molar-refractivity contribution in [1.29, 1.82) is 0 Å². The van der Waals surface area contributed by atoms with E-state index in [0.717, 1.165) is 0 Å². The van der Waals surface area contributed by atoms with Gasteiger partial charge in [0.25, 0.3) is 0 Å². The summed E-state index contributed by atoms with van der Waals surface area (Å²) in [5.41, 5.74) is 1.23. The lowest BCUT2D eigenvalue weighted by Gasteiger charge is -2.29. The first-order valence-corrected chi connectivity index (χ1v) is 12.7. The number of rotatable bonds is 13. The quantitative estimate of drug-likeness (QED) is 0.189. The van der Waals surface area contributed by atoms with Crippen LogP contribution in [0.3, 0.4) is 0 Å². The molecular formula is C30H34O12. The fraction of sp³-hybridized carbons (Fsp3) is 0.367. The molecule has 0 aromatic heterocycles. The monoisotopic (exact) mass is 586 g/mol. The van der Waals surface area contributed by atoms with Crippen molar-refractivity contribution in [2.45, 2.75) is 46.6 Å². The molecular weight excluding hydrogens is 552 g/mol. The Morgan fingerprint density at radius 1 is 0.714 bits per heavy atom. The number of methoxy groups -OCH3 is 2. The zero-order valence-electron chi connectivity index (χ0n) is 24.5. The van der Waals surface area contributed by atoms with E-state index in [2.05, 4.69) is 0 Å². The van der Waals surface area contributed by atoms with Crippen LogP contribution in [0, 0.1) is 0 Å². The van der Waals surface area contributed by atoms with Crippen molar-refractivity contribution in [2.75, 3.05) is 27.4 Å². The first-order chi connectivity index (χ1) is 19.9. The Morgan fingerprint density at radius 3 is 1.90 bits per heavy atom. The van der Waals surface area contributed by atoms with Gasteiger partial charge in [-0.1, -0.05) is 12.1 Å². The molecule has 0 saturated carbocycles. The second-order valence-corrected chi connectivity index (χ2v) is 8.88. The number of benzene rings is 2. The molecule has 0 N–H and O–H groups in total. The van der Waals surface area contributed by atoms with E-state index < -0.39 is 41.9 Å². The van der Waals surface area contributed by atoms with Crippen LogP contribution >= 0.6 is 0 Å². The van der Waals surface area contributed by atoms with Crippen molar-refractivity contribution < 1.29 is 57.1 Å². The van der Waals surface area contributed by atoms with Gasteiger partial charge in [-0.15, -0.1) is 0 Å². The average molecular weight is 587 g/mol. The Balaban J connectivity index is 2.83. The predicted molar refractivity (Wildman–Crippen MR) is 148 cm³/mol. The average Bonchev–Trinajstić information content (AvgIpc) is 2.90. The molecule has 12 nitrogen and oxygen atoms in total. The van der Waals surface area contributed by atoms with E-state index in [1.807, 2.05) is 0 Å². The highest BCUT2D eigenvalue weighted by Gasteiger charge is 2.34. The molecule has 0 saturated heterocycles. The standard InChI is InChI=1S/C30H34O12/c1-17(31)38-12-8-9-22-13-24(30(42-21(5)35)28(14-22)37-7)25(16-39-18(2)32)29(41-20(4)34)23-10-11-26(40-19(3)33)27(15-23)36-6/h8-11,13-15,25,29H,12,16H2,1-7H3. The first kappa shape index (κ1) is 33.3. The van der Waals surface area contributed by atoms with E-state index in [9.17, 15) is 24.0 Å². The summed E-state index contributed by atoms with van der Waals surface area (Å²) in [5.74, 6) is -3.42. The molecule has 42 heavy (non-hydrogen) atoms. The van der Waals surface area contributed by atoms with Gasteiger partial charge in [0, 0.05) is 40.2 Å². The number of hydrogen-bond acceptors (Lipinski definition) is 12. The molecule has 226 valence electrons. The number of carbonyl (C=O) groups is 5. The summed E-state index contributed by atoms with van der Waals surface area (Å²) in [6, 6.07) is 7.77. The Bertz CT molecular complexity index is 1340. The Kier molecular flexibility index (Phi) is 12.5. The molecule has 2 unspecified atom stereocenters. The van der Waals surface area contributed by atoms with Gasteiger partial charge >= 0.3 is 29.8 Å². The van der Waals surface area contributed by atoms with Gasteiger partial charge in [-0.25, -0.2) is 0 Å². The lowest BCUT2D eigenvalue weighted by atomic mass is 9.87. The zero-order chi connectivity index (χ0) is 31.4. The van der Waals surface area contributed by atoms with Gasteiger partial charge in [0.2, 0.25) is 0 Å². The SMILES string of the molecule is COc1cc(C(OC(C)=O)C(COC(C)=O)c2cc(C=CCOC(C)=O)cc(OC)c2OC(C)=O)ccc1OC(C)=O. The molecule has 0 bridgehead atoms. The van der Waals surface area contributed by atoms with Gasteiger partial charge < -0.3 is 33.2 Å². The van der Waals surface area contributed by atoms with Crippen molar-refractivity contribution in [2.24, 2.45) is 0 Å². The highest BCUT2D eigenvalue weighted by atomic mass is 16.6. The van der Waals surface area contributed by atoms with Crippen LogP contribution in [0.4, 0.5) is 0 Å². The van der Waals surface area contributed by atoms with Crippen LogP contribution in [0.25, 0.3) is 6.08 Å². The largest absolute Gasteiger partial charge is 0.493 e. The van der Waals surface area contributed by atoms with Gasteiger partial charge in [-0.05, 0) is 41.5 Å². The van der Waals surface area contributed by atoms with E-state index in [1.54, 1.807) is 30.4 Å². The normalized spacial score (nSPS) is 12.1. The van der Waals surface area contributed by atoms with Crippen LogP contribution in [-0.4, -0.2) is 57.3 Å². The molecule has 0 aliphatic heterocycles. The highest BCUT2D eigenvalue weighted by molar-refractivity contribution is 5.73. The second-order valence-electron chi connectivity index (χ2n) is 8.88. The van der Waals surface area contributed by atoms with Crippen LogP contribution < -0.4 is 18.9 Å². The number of carbonyl (C=O) groups excluding carboxylic acids is 5. The molecule has 0 amide bonds. The number of esters is 5. The molecule has 12 heteroatoms. The molecule has 0 spiro atoms. The van der Waals surface area contributed by atoms with Crippen LogP contribution in [0.2, 0.25) is 0 Å². The van der Waals surface area contributed by atoms with Crippen molar-refractivity contribution in [3.05, 3.63) is 53.1 Å². The van der Waals surface area contributed by atoms with Gasteiger partial charge in [0.1, 0.15) is 19.3 Å². The van der Waals surface area contributed by atoms with E-state index in [4.69, 9.17) is 33.2 Å². The molecule has 0 fully saturated rings. The van der Waals surface area contributed by atoms with Gasteiger partial charge in [0.15, 0.2) is 23.0 Å². The summed E-state index contributed by atoms with van der Waals surface area (Å²) in [7, 11) is 2.75. The maximum absolute atomic E-state index is 12.4. The molecule has 2 atom stereocenters. The van der Waals surface area contributed by atoms with E-state index in [0.29, 0.717) is 16.7 Å². The third kappa shape index (κ3) is 9.95. The molecule has 0 aliphatic carbocycles. The summed E-state index contributed by atoms with van der Waals surface area (Å²) in [6.45, 7) is 5.85. The van der Waals surface area contributed by atoms with Crippen molar-refractivity contribution in [3.63, 3.8) is 0 Å². The fourth-order valence-electron chi connectivity index (χ4n) is 3.98. The number of ether oxygens (including phenoxy) is 7. The van der Waals surface area contributed by atoms with E-state index in [1.165, 1.54) is 61.0 Å². The van der Waals surface area contributed by atoms with Gasteiger partial charge in [-0.3, -0.25) is 24.0 Å². The van der Waals surface area contributed by atoms with Gasteiger partial charge in [-0.2, -0.15) is 0 Å². The molecule has 0 aliphatic rings. The molecule has 0 heterocycles. The Hall–Kier alpha value is -4.87. The van der Waals surface area contributed by atoms with E-state index >= 15 is 0 Å². The lowest BCUT2D eigenvalue weighted by Crippen LogP contribution is -2.24. The summed E-state index contributed by atoms with van der Waals surface area (Å²) in [6.07, 6.45) is 2.11. The maximum atomic E-state index is 12.4. The smallest absolute Gasteiger partial charge is 0.308 e. The topological polar surface area (TPSA) is 150 Å². The minimum atomic E-state index is -1.12. The maximum Gasteiger partial charge on any atom is 0.308 e. The van der Waals surface area contributed by atoms with Crippen molar-refractivity contribution in [3.8, 4) is 23.0 Å². The summed E-state index contributed by atoms with van der Waals surface area (Å²) in [5, 5.41) is 0. The first-order valence-electron chi connectivity index (χ1n) is 12.7. The van der Waals surface area contributed by atoms with Gasteiger partial charge in [0.05, 0.1) is 20.1 Å². The minimum absolute atomic E-state index is 0.000105. The second kappa shape index (κ2) is 15.8. The minimum Gasteiger partial charge on any atom is -0.493 e. The zero-order valence-corrected chi connectivity index (χ0v) is 24.5. The molecule has 2 rings (SSSR count). The summed E-state index contributed by atoms with van der Waals surface area (Å²) >= 11 is 0.